The zero-order valence-corrected chi connectivity index (χ0v) is 11.1. The lowest BCUT2D eigenvalue weighted by atomic mass is 9.83. The van der Waals surface area contributed by atoms with Crippen LogP contribution in [0.15, 0.2) is 6.07 Å². The van der Waals surface area contributed by atoms with E-state index in [-0.39, 0.29) is 17.1 Å². The van der Waals surface area contributed by atoms with Gasteiger partial charge >= 0.3 is 0 Å². The van der Waals surface area contributed by atoms with Gasteiger partial charge in [0.05, 0.1) is 0 Å². The van der Waals surface area contributed by atoms with Crippen LogP contribution >= 0.6 is 0 Å². The number of hydrogen-bond donors (Lipinski definition) is 3. The molecule has 1 heterocycles. The van der Waals surface area contributed by atoms with Crippen LogP contribution in [0.5, 0.6) is 0 Å². The maximum Gasteiger partial charge on any atom is 0.178 e. The Kier molecular flexibility index (Phi) is 4.19. The molecule has 1 fully saturated rings. The standard InChI is InChI=1S/C13H20F2N4/c1-2-13(5-3-4-6-13)8-17-11-9(14)7-10(15)12(18-11)19-16/h7H,2-6,8,16H2,1H3,(H2,17,18,19). The van der Waals surface area contributed by atoms with Crippen molar-refractivity contribution in [3.05, 3.63) is 17.7 Å². The average Bonchev–Trinajstić information content (AvgIpc) is 2.87. The third-order valence-corrected chi connectivity index (χ3v) is 4.11. The van der Waals surface area contributed by atoms with Crippen LogP contribution in [-0.4, -0.2) is 11.5 Å². The van der Waals surface area contributed by atoms with Crippen LogP contribution in [0.25, 0.3) is 0 Å². The van der Waals surface area contributed by atoms with Crippen molar-refractivity contribution in [1.82, 2.24) is 4.98 Å². The van der Waals surface area contributed by atoms with Crippen molar-refractivity contribution in [2.45, 2.75) is 39.0 Å². The predicted octanol–water partition coefficient (Wildman–Crippen LogP) is 3.03. The van der Waals surface area contributed by atoms with Crippen molar-refractivity contribution in [1.29, 1.82) is 0 Å². The Hall–Kier alpha value is -1.43. The highest BCUT2D eigenvalue weighted by Gasteiger charge is 2.32. The van der Waals surface area contributed by atoms with Crippen molar-refractivity contribution in [2.24, 2.45) is 11.3 Å². The smallest absolute Gasteiger partial charge is 0.178 e. The van der Waals surface area contributed by atoms with Crippen LogP contribution in [0.3, 0.4) is 0 Å². The molecule has 4 nitrogen and oxygen atoms in total. The van der Waals surface area contributed by atoms with Gasteiger partial charge in [-0.05, 0) is 24.7 Å². The SMILES string of the molecule is CCC1(CNc2nc(NN)c(F)cc2F)CCCC1. The fourth-order valence-electron chi connectivity index (χ4n) is 2.74. The Balaban J connectivity index is 2.10. The molecule has 0 saturated heterocycles. The lowest BCUT2D eigenvalue weighted by Crippen LogP contribution is -2.27. The highest BCUT2D eigenvalue weighted by atomic mass is 19.1. The first-order chi connectivity index (χ1) is 9.10. The van der Waals surface area contributed by atoms with Crippen molar-refractivity contribution in [3.8, 4) is 0 Å². The summed E-state index contributed by atoms with van der Waals surface area (Å²) in [5.74, 6) is 3.55. The number of hydrogen-bond acceptors (Lipinski definition) is 4. The second-order valence-electron chi connectivity index (χ2n) is 5.21. The summed E-state index contributed by atoms with van der Waals surface area (Å²) in [7, 11) is 0. The van der Waals surface area contributed by atoms with E-state index in [4.69, 9.17) is 5.84 Å². The number of rotatable bonds is 5. The Bertz CT molecular complexity index is 445. The highest BCUT2D eigenvalue weighted by Crippen LogP contribution is 2.41. The third-order valence-electron chi connectivity index (χ3n) is 4.11. The molecular formula is C13H20F2N4. The molecule has 0 amide bonds. The molecule has 0 bridgehead atoms. The highest BCUT2D eigenvalue weighted by molar-refractivity contribution is 5.47. The third kappa shape index (κ3) is 2.94. The van der Waals surface area contributed by atoms with Crippen molar-refractivity contribution < 1.29 is 8.78 Å². The van der Waals surface area contributed by atoms with Crippen LogP contribution < -0.4 is 16.6 Å². The summed E-state index contributed by atoms with van der Waals surface area (Å²) >= 11 is 0. The van der Waals surface area contributed by atoms with Gasteiger partial charge in [0, 0.05) is 12.6 Å². The fourth-order valence-corrected chi connectivity index (χ4v) is 2.74. The number of nitrogen functional groups attached to an aromatic ring is 1. The number of nitrogens with one attached hydrogen (secondary N) is 2. The van der Waals surface area contributed by atoms with Gasteiger partial charge < -0.3 is 10.7 Å². The molecule has 1 aliphatic carbocycles. The van der Waals surface area contributed by atoms with E-state index in [1.54, 1.807) is 0 Å². The molecular weight excluding hydrogens is 250 g/mol. The van der Waals surface area contributed by atoms with Gasteiger partial charge in [-0.2, -0.15) is 0 Å². The van der Waals surface area contributed by atoms with E-state index < -0.39 is 11.6 Å². The lowest BCUT2D eigenvalue weighted by Gasteiger charge is -2.28. The number of halogens is 2. The number of pyridine rings is 1. The fraction of sp³-hybridized carbons (Fsp3) is 0.615. The maximum atomic E-state index is 13.6. The first kappa shape index (κ1) is 14.0. The molecule has 0 unspecified atom stereocenters. The first-order valence-electron chi connectivity index (χ1n) is 6.67. The zero-order chi connectivity index (χ0) is 13.9. The molecule has 6 heteroatoms. The minimum Gasteiger partial charge on any atom is -0.367 e. The van der Waals surface area contributed by atoms with Gasteiger partial charge in [-0.25, -0.2) is 19.6 Å². The monoisotopic (exact) mass is 270 g/mol. The van der Waals surface area contributed by atoms with Crippen LogP contribution in [-0.2, 0) is 0 Å². The zero-order valence-electron chi connectivity index (χ0n) is 11.1. The topological polar surface area (TPSA) is 63.0 Å². The largest absolute Gasteiger partial charge is 0.367 e. The predicted molar refractivity (Wildman–Crippen MR) is 71.6 cm³/mol. The molecule has 0 radical (unpaired) electrons. The molecule has 2 rings (SSSR count). The molecule has 0 atom stereocenters. The van der Waals surface area contributed by atoms with E-state index in [2.05, 4.69) is 22.7 Å². The number of nitrogens with zero attached hydrogens (tertiary/aromatic N) is 1. The summed E-state index contributed by atoms with van der Waals surface area (Å²) in [6.45, 7) is 2.80. The minimum atomic E-state index is -0.795. The molecule has 1 aliphatic rings. The molecule has 19 heavy (non-hydrogen) atoms. The summed E-state index contributed by atoms with van der Waals surface area (Å²) in [4.78, 5) is 3.82. The summed E-state index contributed by atoms with van der Waals surface area (Å²) in [5.41, 5.74) is 2.33. The molecule has 1 aromatic rings. The van der Waals surface area contributed by atoms with Crippen molar-refractivity contribution in [2.75, 3.05) is 17.3 Å². The van der Waals surface area contributed by atoms with Gasteiger partial charge in [0.25, 0.3) is 0 Å². The van der Waals surface area contributed by atoms with E-state index >= 15 is 0 Å². The van der Waals surface area contributed by atoms with Gasteiger partial charge in [-0.1, -0.05) is 19.8 Å². The molecule has 0 aromatic carbocycles. The Morgan fingerprint density at radius 2 is 1.89 bits per heavy atom. The maximum absolute atomic E-state index is 13.6. The van der Waals surface area contributed by atoms with Gasteiger partial charge in [-0.3, -0.25) is 0 Å². The molecule has 4 N–H and O–H groups in total. The average molecular weight is 270 g/mol. The molecule has 0 spiro atoms. The molecule has 106 valence electrons. The second-order valence-corrected chi connectivity index (χ2v) is 5.21. The van der Waals surface area contributed by atoms with Gasteiger partial charge in [0.15, 0.2) is 23.3 Å². The summed E-state index contributed by atoms with van der Waals surface area (Å²) in [6.07, 6.45) is 5.75. The van der Waals surface area contributed by atoms with E-state index in [1.807, 2.05) is 0 Å². The van der Waals surface area contributed by atoms with E-state index in [0.29, 0.717) is 6.54 Å². The summed E-state index contributed by atoms with van der Waals surface area (Å²) < 4.78 is 26.9. The molecule has 1 aromatic heterocycles. The van der Waals surface area contributed by atoms with Gasteiger partial charge in [0.1, 0.15) is 0 Å². The van der Waals surface area contributed by atoms with E-state index in [0.717, 1.165) is 25.3 Å². The Morgan fingerprint density at radius 1 is 1.26 bits per heavy atom. The number of hydrazine groups is 1. The normalized spacial score (nSPS) is 17.5. The Morgan fingerprint density at radius 3 is 2.47 bits per heavy atom. The number of anilines is 2. The van der Waals surface area contributed by atoms with E-state index in [1.165, 1.54) is 12.8 Å². The first-order valence-corrected chi connectivity index (χ1v) is 6.67. The molecule has 1 saturated carbocycles. The number of aromatic nitrogens is 1. The van der Waals surface area contributed by atoms with Crippen LogP contribution in [0, 0.1) is 17.0 Å². The lowest BCUT2D eigenvalue weighted by molar-refractivity contribution is 0.306. The van der Waals surface area contributed by atoms with Crippen molar-refractivity contribution in [3.63, 3.8) is 0 Å². The van der Waals surface area contributed by atoms with Gasteiger partial charge in [-0.15, -0.1) is 0 Å². The van der Waals surface area contributed by atoms with Crippen molar-refractivity contribution >= 4 is 11.6 Å². The Labute approximate surface area is 111 Å². The van der Waals surface area contributed by atoms with Gasteiger partial charge in [0.2, 0.25) is 0 Å². The second kappa shape index (κ2) is 5.69. The minimum absolute atomic E-state index is 0.0501. The summed E-state index contributed by atoms with van der Waals surface area (Å²) in [6, 6.07) is 0.789. The number of nitrogens with two attached hydrogens (primary N) is 1. The molecule has 0 aliphatic heterocycles. The van der Waals surface area contributed by atoms with Crippen LogP contribution in [0.4, 0.5) is 20.4 Å². The van der Waals surface area contributed by atoms with Crippen LogP contribution in [0.2, 0.25) is 0 Å². The summed E-state index contributed by atoms with van der Waals surface area (Å²) in [5, 5.41) is 3.00. The van der Waals surface area contributed by atoms with E-state index in [9.17, 15) is 8.78 Å². The quantitative estimate of drug-likeness (QED) is 0.568. The van der Waals surface area contributed by atoms with Crippen LogP contribution in [0.1, 0.15) is 39.0 Å².